The molecule has 2 rings (SSSR count). The van der Waals surface area contributed by atoms with Gasteiger partial charge in [-0.1, -0.05) is 0 Å². The third kappa shape index (κ3) is 1.77. The molecule has 0 aliphatic carbocycles. The summed E-state index contributed by atoms with van der Waals surface area (Å²) < 4.78 is 10.5. The summed E-state index contributed by atoms with van der Waals surface area (Å²) in [5.41, 5.74) is 0. The lowest BCUT2D eigenvalue weighted by atomic mass is 10.5. The van der Waals surface area contributed by atoms with Crippen LogP contribution in [0.4, 0.5) is 0 Å². The van der Waals surface area contributed by atoms with E-state index in [0.29, 0.717) is 18.2 Å². The van der Waals surface area contributed by atoms with Crippen molar-refractivity contribution in [3.8, 4) is 0 Å². The molecule has 2 heterocycles. The third-order valence-electron chi connectivity index (χ3n) is 1.68. The summed E-state index contributed by atoms with van der Waals surface area (Å²) in [7, 11) is 0. The van der Waals surface area contributed by atoms with Crippen molar-refractivity contribution in [1.29, 1.82) is 0 Å². The maximum atomic E-state index is 10.9. The second-order valence-corrected chi connectivity index (χ2v) is 3.76. The van der Waals surface area contributed by atoms with E-state index >= 15 is 0 Å². The van der Waals surface area contributed by atoms with Gasteiger partial charge in [-0.05, 0) is 0 Å². The van der Waals surface area contributed by atoms with Crippen LogP contribution in [0.3, 0.4) is 0 Å². The molecule has 1 aromatic heterocycles. The van der Waals surface area contributed by atoms with Crippen molar-refractivity contribution in [2.24, 2.45) is 0 Å². The predicted molar refractivity (Wildman–Crippen MR) is 46.8 cm³/mol. The molecule has 1 fully saturated rings. The highest BCUT2D eigenvalue weighted by Crippen LogP contribution is 2.27. The normalized spacial score (nSPS) is 17.9. The van der Waals surface area contributed by atoms with Gasteiger partial charge in [0.1, 0.15) is 0 Å². The molecule has 1 aliphatic heterocycles. The number of hydrogen-bond donors (Lipinski definition) is 0. The smallest absolute Gasteiger partial charge is 0.194 e. The number of nitrogens with zero attached hydrogens (tertiary/aromatic N) is 1. The number of rotatable bonds is 2. The number of thiazole rings is 1. The Morgan fingerprint density at radius 3 is 2.85 bits per heavy atom. The summed E-state index contributed by atoms with van der Waals surface area (Å²) in [4.78, 5) is 15.8. The molecule has 0 aromatic carbocycles. The van der Waals surface area contributed by atoms with Crippen LogP contribution in [0.1, 0.15) is 27.9 Å². The monoisotopic (exact) mass is 199 g/mol. The topological polar surface area (TPSA) is 48.4 Å². The van der Waals surface area contributed by atoms with Gasteiger partial charge in [-0.25, -0.2) is 4.98 Å². The lowest BCUT2D eigenvalue weighted by Crippen LogP contribution is -1.93. The van der Waals surface area contributed by atoms with E-state index in [-0.39, 0.29) is 12.1 Å². The van der Waals surface area contributed by atoms with E-state index in [9.17, 15) is 4.79 Å². The first-order valence-electron chi connectivity index (χ1n) is 3.97. The standard InChI is InChI=1S/C8H9NO3S/c1-5(10)7-9-4-6(13-7)8-11-2-3-12-8/h4,8H,2-3H2,1H3. The van der Waals surface area contributed by atoms with E-state index in [1.807, 2.05) is 0 Å². The average Bonchev–Trinajstić information content (AvgIpc) is 2.75. The summed E-state index contributed by atoms with van der Waals surface area (Å²) in [6.07, 6.45) is 1.32. The van der Waals surface area contributed by atoms with Crippen LogP contribution in [0, 0.1) is 0 Å². The minimum Gasteiger partial charge on any atom is -0.345 e. The van der Waals surface area contributed by atoms with Gasteiger partial charge in [0, 0.05) is 13.1 Å². The van der Waals surface area contributed by atoms with E-state index in [4.69, 9.17) is 9.47 Å². The van der Waals surface area contributed by atoms with Crippen LogP contribution < -0.4 is 0 Å². The molecule has 0 spiro atoms. The van der Waals surface area contributed by atoms with E-state index in [2.05, 4.69) is 4.98 Å². The molecule has 1 saturated heterocycles. The molecule has 5 heteroatoms. The van der Waals surface area contributed by atoms with Crippen molar-refractivity contribution in [3.05, 3.63) is 16.1 Å². The minimum absolute atomic E-state index is 0.0192. The summed E-state index contributed by atoms with van der Waals surface area (Å²) >= 11 is 1.33. The van der Waals surface area contributed by atoms with Gasteiger partial charge in [0.05, 0.1) is 18.1 Å². The molecule has 0 bridgehead atoms. The number of ketones is 1. The van der Waals surface area contributed by atoms with Gasteiger partial charge in [0.2, 0.25) is 0 Å². The molecular formula is C8H9NO3S. The van der Waals surface area contributed by atoms with Crippen molar-refractivity contribution in [2.75, 3.05) is 13.2 Å². The van der Waals surface area contributed by atoms with E-state index in [1.54, 1.807) is 6.20 Å². The maximum absolute atomic E-state index is 10.9. The largest absolute Gasteiger partial charge is 0.345 e. The van der Waals surface area contributed by atoms with Crippen LogP contribution >= 0.6 is 11.3 Å². The zero-order valence-electron chi connectivity index (χ0n) is 7.15. The highest BCUT2D eigenvalue weighted by atomic mass is 32.1. The molecule has 1 aliphatic rings. The zero-order valence-corrected chi connectivity index (χ0v) is 7.97. The number of Topliss-reactive ketones (excluding diaryl/α,β-unsaturated/α-hetero) is 1. The SMILES string of the molecule is CC(=O)c1ncc(C2OCCO2)s1. The Bertz CT molecular complexity index is 317. The first-order valence-corrected chi connectivity index (χ1v) is 4.79. The van der Waals surface area contributed by atoms with E-state index in [0.717, 1.165) is 4.88 Å². The van der Waals surface area contributed by atoms with Gasteiger partial charge in [0.25, 0.3) is 0 Å². The third-order valence-corrected chi connectivity index (χ3v) is 2.80. The van der Waals surface area contributed by atoms with Crippen LogP contribution in [0.25, 0.3) is 0 Å². The molecule has 70 valence electrons. The highest BCUT2D eigenvalue weighted by molar-refractivity contribution is 7.13. The van der Waals surface area contributed by atoms with Crippen LogP contribution in [0.15, 0.2) is 6.20 Å². The molecule has 0 saturated carbocycles. The predicted octanol–water partition coefficient (Wildman–Crippen LogP) is 1.39. The number of carbonyl (C=O) groups is 1. The van der Waals surface area contributed by atoms with Gasteiger partial charge in [0.15, 0.2) is 17.1 Å². The minimum atomic E-state index is -0.314. The Kier molecular flexibility index (Phi) is 2.39. The van der Waals surface area contributed by atoms with Gasteiger partial charge in [-0.15, -0.1) is 11.3 Å². The Hall–Kier alpha value is -0.780. The van der Waals surface area contributed by atoms with Crippen LogP contribution in [0.5, 0.6) is 0 Å². The lowest BCUT2D eigenvalue weighted by Gasteiger charge is -2.03. The van der Waals surface area contributed by atoms with E-state index in [1.165, 1.54) is 18.3 Å². The fraction of sp³-hybridized carbons (Fsp3) is 0.500. The van der Waals surface area contributed by atoms with Crippen LogP contribution in [-0.4, -0.2) is 24.0 Å². The fourth-order valence-electron chi connectivity index (χ4n) is 1.08. The molecule has 0 atom stereocenters. The number of hydrogen-bond acceptors (Lipinski definition) is 5. The van der Waals surface area contributed by atoms with Crippen molar-refractivity contribution in [1.82, 2.24) is 4.98 Å². The van der Waals surface area contributed by atoms with Crippen molar-refractivity contribution in [3.63, 3.8) is 0 Å². The lowest BCUT2D eigenvalue weighted by molar-refractivity contribution is -0.0414. The van der Waals surface area contributed by atoms with Gasteiger partial charge < -0.3 is 9.47 Å². The first-order chi connectivity index (χ1) is 6.27. The summed E-state index contributed by atoms with van der Waals surface area (Å²) in [5.74, 6) is -0.0192. The van der Waals surface area contributed by atoms with Crippen LogP contribution in [0.2, 0.25) is 0 Å². The zero-order chi connectivity index (χ0) is 9.26. The quantitative estimate of drug-likeness (QED) is 0.675. The Morgan fingerprint density at radius 1 is 1.62 bits per heavy atom. The molecule has 13 heavy (non-hydrogen) atoms. The summed E-state index contributed by atoms with van der Waals surface area (Å²) in [5, 5.41) is 0.508. The van der Waals surface area contributed by atoms with E-state index < -0.39 is 0 Å². The van der Waals surface area contributed by atoms with Gasteiger partial charge >= 0.3 is 0 Å². The van der Waals surface area contributed by atoms with Gasteiger partial charge in [-0.3, -0.25) is 4.79 Å². The van der Waals surface area contributed by atoms with Crippen molar-refractivity contribution < 1.29 is 14.3 Å². The Labute approximate surface area is 79.5 Å². The van der Waals surface area contributed by atoms with Crippen molar-refractivity contribution in [2.45, 2.75) is 13.2 Å². The molecule has 0 amide bonds. The van der Waals surface area contributed by atoms with Gasteiger partial charge in [-0.2, -0.15) is 0 Å². The summed E-state index contributed by atoms with van der Waals surface area (Å²) in [6.45, 7) is 2.72. The Balaban J connectivity index is 2.16. The second kappa shape index (κ2) is 3.53. The van der Waals surface area contributed by atoms with Crippen LogP contribution in [-0.2, 0) is 9.47 Å². The number of carbonyl (C=O) groups excluding carboxylic acids is 1. The number of ether oxygens (including phenoxy) is 2. The molecular weight excluding hydrogens is 190 g/mol. The molecule has 4 nitrogen and oxygen atoms in total. The first kappa shape index (κ1) is 8.80. The second-order valence-electron chi connectivity index (χ2n) is 2.70. The van der Waals surface area contributed by atoms with Crippen molar-refractivity contribution >= 4 is 17.1 Å². The molecule has 0 N–H and O–H groups in total. The Morgan fingerprint density at radius 2 is 2.31 bits per heavy atom. The molecule has 1 aromatic rings. The average molecular weight is 199 g/mol. The molecule has 0 radical (unpaired) electrons. The fourth-order valence-corrected chi connectivity index (χ4v) is 1.89. The highest BCUT2D eigenvalue weighted by Gasteiger charge is 2.21. The molecule has 0 unspecified atom stereocenters. The maximum Gasteiger partial charge on any atom is 0.194 e. The number of aromatic nitrogens is 1. The summed E-state index contributed by atoms with van der Waals surface area (Å²) in [6, 6.07) is 0.